The predicted molar refractivity (Wildman–Crippen MR) is 127 cm³/mol. The summed E-state index contributed by atoms with van der Waals surface area (Å²) >= 11 is 1.33. The highest BCUT2D eigenvalue weighted by molar-refractivity contribution is 7.15. The Bertz CT molecular complexity index is 1440. The predicted octanol–water partition coefficient (Wildman–Crippen LogP) is 5.08. The lowest BCUT2D eigenvalue weighted by molar-refractivity contribution is 0.0970. The van der Waals surface area contributed by atoms with Gasteiger partial charge in [-0.15, -0.1) is 10.2 Å². The average Bonchev–Trinajstić information content (AvgIpc) is 3.42. The van der Waals surface area contributed by atoms with Crippen LogP contribution in [0.15, 0.2) is 70.4 Å². The molecule has 1 amide bonds. The minimum Gasteiger partial charge on any atom is -0.490 e. The molecule has 7 nitrogen and oxygen atoms in total. The van der Waals surface area contributed by atoms with Gasteiger partial charge in [0.1, 0.15) is 22.9 Å². The fraction of sp³-hybridized carbons (Fsp3) is 0.200. The Morgan fingerprint density at radius 2 is 2.00 bits per heavy atom. The topological polar surface area (TPSA) is 85.5 Å². The first-order valence-corrected chi connectivity index (χ1v) is 11.4. The first-order chi connectivity index (χ1) is 16.0. The highest BCUT2D eigenvalue weighted by Gasteiger charge is 2.45. The minimum absolute atomic E-state index is 0.0300. The molecule has 4 aromatic rings. The zero-order valence-corrected chi connectivity index (χ0v) is 19.0. The molecule has 166 valence electrons. The van der Waals surface area contributed by atoms with Gasteiger partial charge in [-0.25, -0.2) is 0 Å². The first kappa shape index (κ1) is 21.1. The molecule has 8 heteroatoms. The Balaban J connectivity index is 1.74. The second-order valence-electron chi connectivity index (χ2n) is 8.00. The Hall–Kier alpha value is -3.78. The molecule has 0 saturated carbocycles. The van der Waals surface area contributed by atoms with Gasteiger partial charge >= 0.3 is 0 Å². The number of fused-ring (bicyclic) bond motifs is 2. The molecule has 33 heavy (non-hydrogen) atoms. The number of nitrogens with zero attached hydrogens (tertiary/aromatic N) is 3. The molecule has 1 aliphatic heterocycles. The van der Waals surface area contributed by atoms with E-state index in [-0.39, 0.29) is 17.1 Å². The normalized spacial score (nSPS) is 15.3. The van der Waals surface area contributed by atoms with Crippen LogP contribution in [0.1, 0.15) is 52.5 Å². The summed E-state index contributed by atoms with van der Waals surface area (Å²) in [6, 6.07) is 13.6. The van der Waals surface area contributed by atoms with Crippen LogP contribution in [0.3, 0.4) is 0 Å². The van der Waals surface area contributed by atoms with Gasteiger partial charge < -0.3 is 9.15 Å². The van der Waals surface area contributed by atoms with Gasteiger partial charge in [-0.1, -0.05) is 62.1 Å². The van der Waals surface area contributed by atoms with Crippen LogP contribution in [0.2, 0.25) is 0 Å². The Labute approximate surface area is 194 Å². The number of aromatic nitrogens is 2. The van der Waals surface area contributed by atoms with Gasteiger partial charge in [0, 0.05) is 5.92 Å². The van der Waals surface area contributed by atoms with Gasteiger partial charge in [-0.05, 0) is 29.8 Å². The molecule has 2 aromatic carbocycles. The third-order valence-corrected chi connectivity index (χ3v) is 6.67. The molecule has 1 aliphatic rings. The zero-order chi connectivity index (χ0) is 23.1. The van der Waals surface area contributed by atoms with Crippen molar-refractivity contribution in [1.29, 1.82) is 0 Å². The molecule has 0 aliphatic carbocycles. The van der Waals surface area contributed by atoms with Crippen LogP contribution >= 0.6 is 11.3 Å². The maximum absolute atomic E-state index is 13.6. The van der Waals surface area contributed by atoms with Gasteiger partial charge in [0.15, 0.2) is 5.43 Å². The number of benzene rings is 2. The number of amides is 1. The summed E-state index contributed by atoms with van der Waals surface area (Å²) in [5, 5.41) is 10.2. The summed E-state index contributed by atoms with van der Waals surface area (Å²) in [5.74, 6) is 0.385. The average molecular weight is 460 g/mol. The van der Waals surface area contributed by atoms with E-state index in [1.807, 2.05) is 38.1 Å². The third kappa shape index (κ3) is 3.52. The van der Waals surface area contributed by atoms with Crippen LogP contribution in [0.4, 0.5) is 5.13 Å². The van der Waals surface area contributed by atoms with Gasteiger partial charge in [0.25, 0.3) is 5.91 Å². The highest BCUT2D eigenvalue weighted by atomic mass is 32.1. The number of hydrogen-bond acceptors (Lipinski definition) is 7. The molecule has 0 unspecified atom stereocenters. The van der Waals surface area contributed by atoms with E-state index < -0.39 is 11.9 Å². The summed E-state index contributed by atoms with van der Waals surface area (Å²) in [5.41, 5.74) is 1.14. The van der Waals surface area contributed by atoms with Gasteiger partial charge in [0.05, 0.1) is 17.0 Å². The van der Waals surface area contributed by atoms with Crippen molar-refractivity contribution in [2.75, 3.05) is 11.5 Å². The van der Waals surface area contributed by atoms with Crippen molar-refractivity contribution >= 4 is 33.3 Å². The second kappa shape index (κ2) is 8.29. The molecule has 3 heterocycles. The Kier molecular flexibility index (Phi) is 5.30. The molecular formula is C25H21N3O4S. The number of rotatable bonds is 6. The fourth-order valence-electron chi connectivity index (χ4n) is 3.92. The van der Waals surface area contributed by atoms with Gasteiger partial charge in [-0.2, -0.15) is 0 Å². The number of para-hydroxylation sites is 1. The molecular weight excluding hydrogens is 438 g/mol. The Morgan fingerprint density at radius 1 is 1.18 bits per heavy atom. The van der Waals surface area contributed by atoms with E-state index in [0.29, 0.717) is 39.6 Å². The van der Waals surface area contributed by atoms with E-state index in [2.05, 4.69) is 16.8 Å². The largest absolute Gasteiger partial charge is 0.490 e. The van der Waals surface area contributed by atoms with Crippen LogP contribution in [-0.2, 0) is 0 Å². The molecule has 0 radical (unpaired) electrons. The monoisotopic (exact) mass is 459 g/mol. The first-order valence-electron chi connectivity index (χ1n) is 10.6. The fourth-order valence-corrected chi connectivity index (χ4v) is 4.79. The van der Waals surface area contributed by atoms with Crippen molar-refractivity contribution in [2.45, 2.75) is 25.8 Å². The van der Waals surface area contributed by atoms with Crippen LogP contribution < -0.4 is 15.1 Å². The zero-order valence-electron chi connectivity index (χ0n) is 18.1. The number of ether oxygens (including phenoxy) is 1. The lowest BCUT2D eigenvalue weighted by Gasteiger charge is -2.22. The van der Waals surface area contributed by atoms with Crippen LogP contribution in [0, 0.1) is 0 Å². The van der Waals surface area contributed by atoms with E-state index in [4.69, 9.17) is 9.15 Å². The van der Waals surface area contributed by atoms with Crippen molar-refractivity contribution in [3.63, 3.8) is 0 Å². The SMILES string of the molecule is C=CCOc1cccc([C@@H]2c3c(oc4ccccc4c3=O)C(=O)N2c2nnc(C(C)C)s2)c1. The molecule has 0 bridgehead atoms. The molecule has 2 aromatic heterocycles. The van der Waals surface area contributed by atoms with E-state index in [1.54, 1.807) is 30.3 Å². The van der Waals surface area contributed by atoms with Crippen molar-refractivity contribution in [1.82, 2.24) is 10.2 Å². The van der Waals surface area contributed by atoms with Crippen LogP contribution in [0.5, 0.6) is 5.75 Å². The van der Waals surface area contributed by atoms with Gasteiger partial charge in [0.2, 0.25) is 10.9 Å². The summed E-state index contributed by atoms with van der Waals surface area (Å²) in [6.07, 6.45) is 1.66. The number of hydrogen-bond donors (Lipinski definition) is 0. The summed E-state index contributed by atoms with van der Waals surface area (Å²) in [4.78, 5) is 28.7. The second-order valence-corrected chi connectivity index (χ2v) is 8.99. The van der Waals surface area contributed by atoms with Crippen LogP contribution in [-0.4, -0.2) is 22.7 Å². The summed E-state index contributed by atoms with van der Waals surface area (Å²) < 4.78 is 11.7. The third-order valence-electron chi connectivity index (χ3n) is 5.45. The maximum Gasteiger partial charge on any atom is 0.297 e. The van der Waals surface area contributed by atoms with Gasteiger partial charge in [-0.3, -0.25) is 14.5 Å². The molecule has 1 atom stereocenters. The van der Waals surface area contributed by atoms with Crippen molar-refractivity contribution in [2.24, 2.45) is 0 Å². The number of anilines is 1. The highest BCUT2D eigenvalue weighted by Crippen LogP contribution is 2.43. The minimum atomic E-state index is -0.714. The van der Waals surface area contributed by atoms with Crippen LogP contribution in [0.25, 0.3) is 11.0 Å². The van der Waals surface area contributed by atoms with Crippen molar-refractivity contribution in [3.8, 4) is 5.75 Å². The number of carbonyl (C=O) groups excluding carboxylic acids is 1. The van der Waals surface area contributed by atoms with E-state index >= 15 is 0 Å². The molecule has 0 fully saturated rings. The quantitative estimate of drug-likeness (QED) is 0.374. The molecule has 0 spiro atoms. The summed E-state index contributed by atoms with van der Waals surface area (Å²) in [7, 11) is 0. The lowest BCUT2D eigenvalue weighted by Crippen LogP contribution is -2.29. The number of carbonyl (C=O) groups is 1. The van der Waals surface area contributed by atoms with Crippen molar-refractivity contribution in [3.05, 3.63) is 93.3 Å². The smallest absolute Gasteiger partial charge is 0.297 e. The Morgan fingerprint density at radius 3 is 2.76 bits per heavy atom. The molecule has 0 saturated heterocycles. The van der Waals surface area contributed by atoms with E-state index in [0.717, 1.165) is 5.01 Å². The van der Waals surface area contributed by atoms with E-state index in [1.165, 1.54) is 16.2 Å². The standard InChI is InChI=1S/C25H21N3O4S/c1-4-12-31-16-9-7-8-15(13-16)20-19-21(29)17-10-5-6-11-18(17)32-22(19)24(30)28(20)25-27-26-23(33-25)14(2)3/h4-11,13-14,20H,1,12H2,2-3H3/t20-/m1/s1. The lowest BCUT2D eigenvalue weighted by atomic mass is 9.98. The maximum atomic E-state index is 13.6. The van der Waals surface area contributed by atoms with E-state index in [9.17, 15) is 9.59 Å². The van der Waals surface area contributed by atoms with Crippen molar-refractivity contribution < 1.29 is 13.9 Å². The summed E-state index contributed by atoms with van der Waals surface area (Å²) in [6.45, 7) is 8.05. The molecule has 5 rings (SSSR count). The molecule has 0 N–H and O–H groups in total.